The number of carbonyl (C=O) groups excluding carboxylic acids is 1. The van der Waals surface area contributed by atoms with E-state index in [4.69, 9.17) is 9.52 Å². The number of pyridine rings is 1. The number of hydrogen-bond donors (Lipinski definition) is 2. The minimum Gasteiger partial charge on any atom is -0.418 e. The molecule has 1 saturated carbocycles. The zero-order valence-electron chi connectivity index (χ0n) is 20.1. The van der Waals surface area contributed by atoms with Crippen LogP contribution in [0.15, 0.2) is 41.3 Å². The molecule has 4 rings (SSSR count). The summed E-state index contributed by atoms with van der Waals surface area (Å²) in [5.74, 6) is -2.73. The molecular weight excluding hydrogens is 514 g/mol. The SMILES string of the molecule is Cc1c(C(F)(F)F)nnc(Oc2ccc(C3(C)CCC3)c(F)n2)c1C(=O)Nc1cccc(S(C)(=N)=O)c1. The number of aromatic nitrogens is 3. The second kappa shape index (κ2) is 9.36. The topological polar surface area (TPSA) is 118 Å². The van der Waals surface area contributed by atoms with Crippen LogP contribution in [0, 0.1) is 17.7 Å². The first-order valence-electron chi connectivity index (χ1n) is 11.1. The van der Waals surface area contributed by atoms with Gasteiger partial charge in [0.1, 0.15) is 5.56 Å². The van der Waals surface area contributed by atoms with Crippen LogP contribution >= 0.6 is 0 Å². The average molecular weight is 538 g/mol. The normalized spacial score (nSPS) is 16.4. The zero-order valence-corrected chi connectivity index (χ0v) is 20.9. The maximum absolute atomic E-state index is 14.8. The summed E-state index contributed by atoms with van der Waals surface area (Å²) in [7, 11) is -3.12. The zero-order chi connectivity index (χ0) is 27.2. The summed E-state index contributed by atoms with van der Waals surface area (Å²) >= 11 is 0. The van der Waals surface area contributed by atoms with E-state index in [0.717, 1.165) is 26.2 Å². The molecule has 1 amide bonds. The van der Waals surface area contributed by atoms with E-state index in [0.29, 0.717) is 5.56 Å². The number of alkyl halides is 3. The van der Waals surface area contributed by atoms with E-state index in [-0.39, 0.29) is 21.9 Å². The molecule has 2 heterocycles. The number of hydrogen-bond acceptors (Lipinski definition) is 7. The number of nitrogens with zero attached hydrogens (tertiary/aromatic N) is 3. The van der Waals surface area contributed by atoms with E-state index in [1.54, 1.807) is 0 Å². The molecule has 0 saturated heterocycles. The molecule has 0 spiro atoms. The minimum absolute atomic E-state index is 0.0855. The first-order valence-corrected chi connectivity index (χ1v) is 13.1. The van der Waals surface area contributed by atoms with E-state index < -0.39 is 50.5 Å². The van der Waals surface area contributed by atoms with Crippen LogP contribution in [0.5, 0.6) is 11.8 Å². The molecule has 0 radical (unpaired) electrons. The predicted octanol–water partition coefficient (Wildman–Crippen LogP) is 5.86. The summed E-state index contributed by atoms with van der Waals surface area (Å²) in [5, 5.41) is 9.05. The van der Waals surface area contributed by atoms with Gasteiger partial charge in [0.15, 0.2) is 5.69 Å². The molecule has 37 heavy (non-hydrogen) atoms. The first-order chi connectivity index (χ1) is 17.2. The summed E-state index contributed by atoms with van der Waals surface area (Å²) in [6, 6.07) is 8.41. The summed E-state index contributed by atoms with van der Waals surface area (Å²) in [5.41, 5.74) is -2.41. The van der Waals surface area contributed by atoms with Gasteiger partial charge >= 0.3 is 6.18 Å². The minimum atomic E-state index is -4.91. The van der Waals surface area contributed by atoms with E-state index in [9.17, 15) is 26.6 Å². The Morgan fingerprint density at radius 1 is 1.19 bits per heavy atom. The third kappa shape index (κ3) is 5.41. The van der Waals surface area contributed by atoms with Gasteiger partial charge in [-0.25, -0.2) is 8.99 Å². The average Bonchev–Trinajstić information content (AvgIpc) is 2.76. The molecule has 8 nitrogen and oxygen atoms in total. The van der Waals surface area contributed by atoms with Crippen molar-refractivity contribution in [1.29, 1.82) is 4.78 Å². The molecule has 2 aromatic heterocycles. The number of benzene rings is 1. The lowest BCUT2D eigenvalue weighted by molar-refractivity contribution is -0.142. The van der Waals surface area contributed by atoms with Gasteiger partial charge in [-0.05, 0) is 55.0 Å². The maximum atomic E-state index is 14.8. The van der Waals surface area contributed by atoms with Gasteiger partial charge in [0.2, 0.25) is 11.8 Å². The molecule has 0 aliphatic heterocycles. The second-order valence-corrected chi connectivity index (χ2v) is 11.3. The van der Waals surface area contributed by atoms with Crippen molar-refractivity contribution in [1.82, 2.24) is 15.2 Å². The number of rotatable bonds is 6. The third-order valence-corrected chi connectivity index (χ3v) is 7.51. The molecule has 0 bridgehead atoms. The number of amides is 1. The third-order valence-electron chi connectivity index (χ3n) is 6.35. The van der Waals surface area contributed by atoms with Crippen molar-refractivity contribution in [3.8, 4) is 11.8 Å². The fourth-order valence-electron chi connectivity index (χ4n) is 4.12. The Morgan fingerprint density at radius 2 is 1.89 bits per heavy atom. The van der Waals surface area contributed by atoms with E-state index >= 15 is 0 Å². The maximum Gasteiger partial charge on any atom is 0.435 e. The molecule has 1 aliphatic carbocycles. The van der Waals surface area contributed by atoms with E-state index in [1.165, 1.54) is 42.7 Å². The Morgan fingerprint density at radius 3 is 2.46 bits per heavy atom. The van der Waals surface area contributed by atoms with Gasteiger partial charge in [0.25, 0.3) is 11.8 Å². The number of nitrogens with one attached hydrogen (secondary N) is 2. The lowest BCUT2D eigenvalue weighted by atomic mass is 9.66. The molecular formula is C24H23F4N5O3S. The van der Waals surface area contributed by atoms with Crippen molar-refractivity contribution in [2.75, 3.05) is 11.6 Å². The fourth-order valence-corrected chi connectivity index (χ4v) is 4.81. The number of ether oxygens (including phenoxy) is 1. The summed E-state index contributed by atoms with van der Waals surface area (Å²) in [6.45, 7) is 2.95. The monoisotopic (exact) mass is 537 g/mol. The standard InChI is InChI=1S/C24H23F4N5O3S/c1-13-18(21(34)30-14-6-4-7-15(12-14)37(3,29)35)22(33-32-19(13)24(26,27)28)36-17-9-8-16(20(25)31-17)23(2)10-5-11-23/h4,6-9,12,29H,5,10-11H2,1-3H3,(H,30,34). The van der Waals surface area contributed by atoms with Crippen molar-refractivity contribution in [3.63, 3.8) is 0 Å². The Hall–Kier alpha value is -3.61. The van der Waals surface area contributed by atoms with Crippen molar-refractivity contribution < 1.29 is 31.3 Å². The smallest absolute Gasteiger partial charge is 0.418 e. The lowest BCUT2D eigenvalue weighted by Gasteiger charge is -2.38. The van der Waals surface area contributed by atoms with Gasteiger partial charge in [0.05, 0.1) is 9.73 Å². The Labute approximate surface area is 210 Å². The van der Waals surface area contributed by atoms with Crippen LogP contribution in [0.1, 0.15) is 53.4 Å². The molecule has 1 fully saturated rings. The van der Waals surface area contributed by atoms with Crippen LogP contribution < -0.4 is 10.1 Å². The van der Waals surface area contributed by atoms with Gasteiger partial charge in [-0.1, -0.05) is 19.4 Å². The number of halogens is 4. The van der Waals surface area contributed by atoms with Crippen molar-refractivity contribution in [3.05, 3.63) is 64.7 Å². The summed E-state index contributed by atoms with van der Waals surface area (Å²) in [6.07, 6.45) is -1.15. The lowest BCUT2D eigenvalue weighted by Crippen LogP contribution is -2.31. The highest BCUT2D eigenvalue weighted by atomic mass is 32.2. The van der Waals surface area contributed by atoms with Crippen LogP contribution in [-0.4, -0.2) is 31.6 Å². The van der Waals surface area contributed by atoms with Crippen LogP contribution in [0.25, 0.3) is 0 Å². The van der Waals surface area contributed by atoms with Gasteiger partial charge in [0, 0.05) is 28.5 Å². The molecule has 1 unspecified atom stereocenters. The van der Waals surface area contributed by atoms with Gasteiger partial charge < -0.3 is 10.1 Å². The van der Waals surface area contributed by atoms with Crippen molar-refractivity contribution >= 4 is 21.3 Å². The Bertz CT molecular complexity index is 1490. The molecule has 196 valence electrons. The Balaban J connectivity index is 1.72. The predicted molar refractivity (Wildman–Crippen MR) is 127 cm³/mol. The molecule has 13 heteroatoms. The largest absolute Gasteiger partial charge is 0.435 e. The summed E-state index contributed by atoms with van der Waals surface area (Å²) < 4.78 is 80.5. The van der Waals surface area contributed by atoms with E-state index in [1.807, 2.05) is 6.92 Å². The number of anilines is 1. The van der Waals surface area contributed by atoms with Crippen LogP contribution in [0.4, 0.5) is 23.2 Å². The van der Waals surface area contributed by atoms with Gasteiger partial charge in [-0.3, -0.25) is 4.79 Å². The van der Waals surface area contributed by atoms with Crippen LogP contribution in [-0.2, 0) is 21.3 Å². The highest BCUT2D eigenvalue weighted by Crippen LogP contribution is 2.44. The van der Waals surface area contributed by atoms with E-state index in [2.05, 4.69) is 20.5 Å². The summed E-state index contributed by atoms with van der Waals surface area (Å²) in [4.78, 5) is 17.0. The molecule has 1 atom stereocenters. The first kappa shape index (κ1) is 26.5. The highest BCUT2D eigenvalue weighted by molar-refractivity contribution is 7.91. The molecule has 1 aromatic carbocycles. The van der Waals surface area contributed by atoms with Gasteiger partial charge in [-0.15, -0.1) is 10.2 Å². The number of carbonyl (C=O) groups is 1. The molecule has 2 N–H and O–H groups in total. The van der Waals surface area contributed by atoms with Crippen molar-refractivity contribution in [2.24, 2.45) is 0 Å². The Kier molecular flexibility index (Phi) is 6.69. The second-order valence-electron chi connectivity index (χ2n) is 9.18. The fraction of sp³-hybridized carbons (Fsp3) is 0.333. The highest BCUT2D eigenvalue weighted by Gasteiger charge is 2.39. The van der Waals surface area contributed by atoms with Gasteiger partial charge in [-0.2, -0.15) is 22.5 Å². The molecule has 3 aromatic rings. The van der Waals surface area contributed by atoms with Crippen LogP contribution in [0.3, 0.4) is 0 Å². The quantitative estimate of drug-likeness (QED) is 0.300. The molecule has 1 aliphatic rings. The van der Waals surface area contributed by atoms with Crippen LogP contribution in [0.2, 0.25) is 0 Å². The van der Waals surface area contributed by atoms with Crippen molar-refractivity contribution in [2.45, 2.75) is 49.6 Å².